The van der Waals surface area contributed by atoms with Crippen LogP contribution in [0.25, 0.3) is 0 Å². The smallest absolute Gasteiger partial charge is 0.324 e. The maximum absolute atomic E-state index is 13.4. The Hall–Kier alpha value is -2.87. The molecule has 0 aromatic heterocycles. The molecule has 0 radical (unpaired) electrons. The molecular formula is C22H24FN3O3S. The quantitative estimate of drug-likeness (QED) is 0.489. The first-order valence-electron chi connectivity index (χ1n) is 9.73. The molecule has 6 nitrogen and oxygen atoms in total. The van der Waals surface area contributed by atoms with Crippen LogP contribution in [0.2, 0.25) is 0 Å². The van der Waals surface area contributed by atoms with Crippen molar-refractivity contribution < 1.29 is 18.8 Å². The van der Waals surface area contributed by atoms with Gasteiger partial charge in [-0.1, -0.05) is 38.0 Å². The molecule has 1 atom stereocenters. The summed E-state index contributed by atoms with van der Waals surface area (Å²) in [6.45, 7) is 1.58. The van der Waals surface area contributed by atoms with Gasteiger partial charge in [0.1, 0.15) is 17.9 Å². The minimum atomic E-state index is -1.29. The number of thioether (sulfide) groups is 1. The summed E-state index contributed by atoms with van der Waals surface area (Å²) < 4.78 is 13.4. The van der Waals surface area contributed by atoms with E-state index in [1.807, 2.05) is 31.4 Å². The Morgan fingerprint density at radius 3 is 2.60 bits per heavy atom. The standard InChI is InChI=1S/C22H24FN3O3S/c1-3-4-12-22(15-8-10-16(23)11-9-15)20(28)26(21(29)25-22)14-19(27)24-17-6-5-7-18(13-17)30-2/h5-11,13H,3-4,12,14H2,1-2H3,(H,24,27)(H,25,29)/t22-/m0/s1. The normalized spacial score (nSPS) is 18.4. The number of hydrogen-bond donors (Lipinski definition) is 2. The summed E-state index contributed by atoms with van der Waals surface area (Å²) in [5.74, 6) is -1.40. The fourth-order valence-corrected chi connectivity index (χ4v) is 3.96. The molecule has 2 N–H and O–H groups in total. The van der Waals surface area contributed by atoms with Gasteiger partial charge in [-0.15, -0.1) is 11.8 Å². The molecule has 158 valence electrons. The van der Waals surface area contributed by atoms with Crippen LogP contribution in [0.5, 0.6) is 0 Å². The van der Waals surface area contributed by atoms with Gasteiger partial charge < -0.3 is 10.6 Å². The van der Waals surface area contributed by atoms with Crippen molar-refractivity contribution in [1.82, 2.24) is 10.2 Å². The number of benzene rings is 2. The average molecular weight is 430 g/mol. The number of nitrogens with zero attached hydrogens (tertiary/aromatic N) is 1. The van der Waals surface area contributed by atoms with E-state index >= 15 is 0 Å². The Labute approximate surface area is 179 Å². The molecule has 30 heavy (non-hydrogen) atoms. The van der Waals surface area contributed by atoms with Gasteiger partial charge in [-0.2, -0.15) is 0 Å². The molecule has 0 aliphatic carbocycles. The molecule has 4 amide bonds. The first kappa shape index (κ1) is 21.8. The van der Waals surface area contributed by atoms with E-state index in [1.165, 1.54) is 24.3 Å². The first-order valence-corrected chi connectivity index (χ1v) is 11.0. The third-order valence-corrected chi connectivity index (χ3v) is 5.80. The minimum absolute atomic E-state index is 0.369. The van der Waals surface area contributed by atoms with E-state index in [9.17, 15) is 18.8 Å². The lowest BCUT2D eigenvalue weighted by molar-refractivity contribution is -0.134. The van der Waals surface area contributed by atoms with Gasteiger partial charge in [-0.25, -0.2) is 9.18 Å². The van der Waals surface area contributed by atoms with Crippen molar-refractivity contribution in [3.63, 3.8) is 0 Å². The van der Waals surface area contributed by atoms with Crippen molar-refractivity contribution in [3.8, 4) is 0 Å². The minimum Gasteiger partial charge on any atom is -0.324 e. The number of nitrogens with one attached hydrogen (secondary N) is 2. The third kappa shape index (κ3) is 4.48. The van der Waals surface area contributed by atoms with Gasteiger partial charge in [0.15, 0.2) is 0 Å². The molecule has 1 aliphatic rings. The van der Waals surface area contributed by atoms with Crippen LogP contribution in [0.4, 0.5) is 14.9 Å². The zero-order chi connectivity index (χ0) is 21.7. The highest BCUT2D eigenvalue weighted by Gasteiger charge is 2.52. The molecule has 2 aromatic rings. The second kappa shape index (κ2) is 9.30. The second-order valence-electron chi connectivity index (χ2n) is 7.12. The summed E-state index contributed by atoms with van der Waals surface area (Å²) in [6, 6.07) is 12.2. The van der Waals surface area contributed by atoms with E-state index in [1.54, 1.807) is 17.8 Å². The lowest BCUT2D eigenvalue weighted by Gasteiger charge is -2.27. The van der Waals surface area contributed by atoms with Crippen LogP contribution in [-0.4, -0.2) is 35.5 Å². The van der Waals surface area contributed by atoms with Crippen LogP contribution in [0, 0.1) is 5.82 Å². The molecule has 2 aromatic carbocycles. The van der Waals surface area contributed by atoms with Gasteiger partial charge in [0, 0.05) is 10.6 Å². The van der Waals surface area contributed by atoms with Crippen molar-refractivity contribution >= 4 is 35.3 Å². The van der Waals surface area contributed by atoms with Crippen LogP contribution in [0.3, 0.4) is 0 Å². The molecule has 1 fully saturated rings. The molecule has 0 unspecified atom stereocenters. The molecule has 8 heteroatoms. The summed E-state index contributed by atoms with van der Waals surface area (Å²) in [5.41, 5.74) is -0.194. The molecule has 3 rings (SSSR count). The number of halogens is 1. The largest absolute Gasteiger partial charge is 0.325 e. The van der Waals surface area contributed by atoms with Crippen LogP contribution >= 0.6 is 11.8 Å². The SMILES string of the molecule is CCCC[C@@]1(c2ccc(F)cc2)NC(=O)N(CC(=O)Nc2cccc(SC)c2)C1=O. The maximum atomic E-state index is 13.4. The Kier molecular flexibility index (Phi) is 6.77. The number of carbonyl (C=O) groups excluding carboxylic acids is 3. The van der Waals surface area contributed by atoms with Gasteiger partial charge in [0.05, 0.1) is 0 Å². The monoisotopic (exact) mass is 429 g/mol. The van der Waals surface area contributed by atoms with Gasteiger partial charge in [-0.05, 0) is 48.6 Å². The molecule has 1 aliphatic heterocycles. The summed E-state index contributed by atoms with van der Waals surface area (Å²) in [4.78, 5) is 40.3. The molecule has 1 heterocycles. The molecule has 0 saturated carbocycles. The average Bonchev–Trinajstić information content (AvgIpc) is 2.98. The predicted octanol–water partition coefficient (Wildman–Crippen LogP) is 4.12. The Morgan fingerprint density at radius 2 is 1.93 bits per heavy atom. The van der Waals surface area contributed by atoms with Crippen LogP contribution in [0.1, 0.15) is 31.7 Å². The molecule has 0 bridgehead atoms. The molecule has 1 saturated heterocycles. The van der Waals surface area contributed by atoms with Crippen molar-refractivity contribution in [1.29, 1.82) is 0 Å². The highest BCUT2D eigenvalue weighted by atomic mass is 32.2. The summed E-state index contributed by atoms with van der Waals surface area (Å²) in [7, 11) is 0. The first-order chi connectivity index (χ1) is 14.4. The topological polar surface area (TPSA) is 78.5 Å². The van der Waals surface area contributed by atoms with Gasteiger partial charge in [0.25, 0.3) is 5.91 Å². The fourth-order valence-electron chi connectivity index (χ4n) is 3.50. The van der Waals surface area contributed by atoms with E-state index in [0.717, 1.165) is 16.2 Å². The number of anilines is 1. The Balaban J connectivity index is 1.80. The van der Waals surface area contributed by atoms with E-state index in [2.05, 4.69) is 10.6 Å². The maximum Gasteiger partial charge on any atom is 0.325 e. The van der Waals surface area contributed by atoms with Crippen LogP contribution < -0.4 is 10.6 Å². The number of carbonyl (C=O) groups is 3. The third-order valence-electron chi connectivity index (χ3n) is 5.07. The predicted molar refractivity (Wildman–Crippen MR) is 115 cm³/mol. The summed E-state index contributed by atoms with van der Waals surface area (Å²) >= 11 is 1.54. The summed E-state index contributed by atoms with van der Waals surface area (Å²) in [5, 5.41) is 5.48. The fraction of sp³-hybridized carbons (Fsp3) is 0.318. The van der Waals surface area contributed by atoms with Gasteiger partial charge in [0.2, 0.25) is 5.91 Å². The van der Waals surface area contributed by atoms with E-state index in [-0.39, 0.29) is 0 Å². The highest BCUT2D eigenvalue weighted by molar-refractivity contribution is 7.98. The Bertz CT molecular complexity index is 951. The van der Waals surface area contributed by atoms with Crippen molar-refractivity contribution in [2.45, 2.75) is 36.6 Å². The second-order valence-corrected chi connectivity index (χ2v) is 8.00. The van der Waals surface area contributed by atoms with Crippen LogP contribution in [0.15, 0.2) is 53.4 Å². The van der Waals surface area contributed by atoms with Crippen molar-refractivity contribution in [2.75, 3.05) is 18.1 Å². The van der Waals surface area contributed by atoms with Gasteiger partial charge >= 0.3 is 6.03 Å². The van der Waals surface area contributed by atoms with Crippen molar-refractivity contribution in [3.05, 3.63) is 59.9 Å². The number of rotatable bonds is 8. The summed E-state index contributed by atoms with van der Waals surface area (Å²) in [6.07, 6.45) is 3.80. The zero-order valence-electron chi connectivity index (χ0n) is 16.9. The van der Waals surface area contributed by atoms with Gasteiger partial charge in [-0.3, -0.25) is 14.5 Å². The van der Waals surface area contributed by atoms with Crippen molar-refractivity contribution in [2.24, 2.45) is 0 Å². The lowest BCUT2D eigenvalue weighted by atomic mass is 9.85. The number of imide groups is 1. The zero-order valence-corrected chi connectivity index (χ0v) is 17.7. The van der Waals surface area contributed by atoms with Crippen LogP contribution in [-0.2, 0) is 15.1 Å². The lowest BCUT2D eigenvalue weighted by Crippen LogP contribution is -2.44. The number of amides is 4. The Morgan fingerprint density at radius 1 is 1.20 bits per heavy atom. The molecule has 0 spiro atoms. The number of hydrogen-bond acceptors (Lipinski definition) is 4. The number of urea groups is 1. The highest BCUT2D eigenvalue weighted by Crippen LogP contribution is 2.34. The molecular weight excluding hydrogens is 405 g/mol. The van der Waals surface area contributed by atoms with E-state index in [4.69, 9.17) is 0 Å². The number of unbranched alkanes of at least 4 members (excludes halogenated alkanes) is 1. The van der Waals surface area contributed by atoms with E-state index in [0.29, 0.717) is 24.1 Å². The van der Waals surface area contributed by atoms with E-state index < -0.39 is 35.7 Å².